The number of sulfonamides is 1. The molecule has 0 spiro atoms. The third-order valence-electron chi connectivity index (χ3n) is 3.09. The predicted molar refractivity (Wildman–Crippen MR) is 75.0 cm³/mol. The summed E-state index contributed by atoms with van der Waals surface area (Å²) in [5, 5.41) is 0.323. The highest BCUT2D eigenvalue weighted by molar-refractivity contribution is 7.89. The summed E-state index contributed by atoms with van der Waals surface area (Å²) in [7, 11) is -2.26. The van der Waals surface area contributed by atoms with E-state index in [9.17, 15) is 8.42 Å². The highest BCUT2D eigenvalue weighted by Gasteiger charge is 2.33. The van der Waals surface area contributed by atoms with E-state index in [-0.39, 0.29) is 21.6 Å². The molecule has 1 fully saturated rings. The topological polar surface area (TPSA) is 72.6 Å². The number of anilines is 1. The smallest absolute Gasteiger partial charge is 0.246 e. The molecule has 0 saturated carbocycles. The SMILES string of the molecule is CN(C1CCOC1)S(=O)(=O)c1c(N)cc(Cl)cc1Cl. The van der Waals surface area contributed by atoms with Crippen molar-refractivity contribution in [1.29, 1.82) is 0 Å². The maximum atomic E-state index is 12.5. The van der Waals surface area contributed by atoms with Crippen molar-refractivity contribution in [3.63, 3.8) is 0 Å². The normalized spacial score (nSPS) is 20.1. The fourth-order valence-electron chi connectivity index (χ4n) is 2.00. The molecule has 8 heteroatoms. The molecule has 19 heavy (non-hydrogen) atoms. The van der Waals surface area contributed by atoms with Crippen molar-refractivity contribution in [2.45, 2.75) is 17.4 Å². The molecule has 0 aromatic heterocycles. The van der Waals surface area contributed by atoms with Gasteiger partial charge in [-0.25, -0.2) is 8.42 Å². The van der Waals surface area contributed by atoms with E-state index in [4.69, 9.17) is 33.7 Å². The lowest BCUT2D eigenvalue weighted by atomic mass is 10.3. The molecule has 1 aliphatic heterocycles. The number of hydrogen-bond acceptors (Lipinski definition) is 4. The van der Waals surface area contributed by atoms with Crippen LogP contribution in [-0.4, -0.2) is 39.0 Å². The summed E-state index contributed by atoms with van der Waals surface area (Å²) < 4.78 is 31.5. The second-order valence-corrected chi connectivity index (χ2v) is 7.12. The van der Waals surface area contributed by atoms with Crippen LogP contribution in [0.4, 0.5) is 5.69 Å². The van der Waals surface area contributed by atoms with Crippen molar-refractivity contribution >= 4 is 38.9 Å². The van der Waals surface area contributed by atoms with Gasteiger partial charge in [-0.1, -0.05) is 23.2 Å². The van der Waals surface area contributed by atoms with Gasteiger partial charge in [-0.05, 0) is 18.6 Å². The van der Waals surface area contributed by atoms with Gasteiger partial charge >= 0.3 is 0 Å². The van der Waals surface area contributed by atoms with Crippen LogP contribution in [0.1, 0.15) is 6.42 Å². The van der Waals surface area contributed by atoms with E-state index in [1.807, 2.05) is 0 Å². The minimum absolute atomic E-state index is 0.0239. The summed E-state index contributed by atoms with van der Waals surface area (Å²) in [4.78, 5) is -0.104. The second kappa shape index (κ2) is 5.46. The fraction of sp³-hybridized carbons (Fsp3) is 0.455. The molecule has 0 amide bonds. The van der Waals surface area contributed by atoms with Crippen LogP contribution < -0.4 is 5.73 Å². The number of ether oxygens (including phenoxy) is 1. The number of hydrogen-bond donors (Lipinski definition) is 1. The zero-order valence-corrected chi connectivity index (χ0v) is 12.6. The number of halogens is 2. The van der Waals surface area contributed by atoms with Crippen LogP contribution in [0.15, 0.2) is 17.0 Å². The Hall–Kier alpha value is -0.530. The fourth-order valence-corrected chi connectivity index (χ4v) is 4.31. The van der Waals surface area contributed by atoms with Crippen LogP contribution in [0, 0.1) is 0 Å². The monoisotopic (exact) mass is 324 g/mol. The molecule has 0 bridgehead atoms. The van der Waals surface area contributed by atoms with Crippen LogP contribution in [0.5, 0.6) is 0 Å². The van der Waals surface area contributed by atoms with E-state index in [0.717, 1.165) is 0 Å². The zero-order chi connectivity index (χ0) is 14.2. The third kappa shape index (κ3) is 2.83. The van der Waals surface area contributed by atoms with Crippen molar-refractivity contribution in [2.75, 3.05) is 26.0 Å². The second-order valence-electron chi connectivity index (χ2n) is 4.34. The Kier molecular flexibility index (Phi) is 4.27. The average molecular weight is 325 g/mol. The molecule has 1 unspecified atom stereocenters. The number of rotatable bonds is 3. The summed E-state index contributed by atoms with van der Waals surface area (Å²) in [6.07, 6.45) is 0.654. The van der Waals surface area contributed by atoms with E-state index < -0.39 is 10.0 Å². The van der Waals surface area contributed by atoms with Gasteiger partial charge in [0.1, 0.15) is 4.90 Å². The Bertz CT molecular complexity index is 563. The quantitative estimate of drug-likeness (QED) is 0.863. The summed E-state index contributed by atoms with van der Waals surface area (Å²) in [5.41, 5.74) is 5.78. The lowest BCUT2D eigenvalue weighted by Crippen LogP contribution is -2.37. The molecule has 1 aromatic carbocycles. The van der Waals surface area contributed by atoms with Crippen molar-refractivity contribution in [2.24, 2.45) is 0 Å². The molecule has 1 heterocycles. The molecule has 106 valence electrons. The molecule has 1 atom stereocenters. The molecule has 1 saturated heterocycles. The molecule has 0 radical (unpaired) electrons. The first-order chi connectivity index (χ1) is 8.84. The summed E-state index contributed by atoms with van der Waals surface area (Å²) >= 11 is 11.8. The van der Waals surface area contributed by atoms with Crippen LogP contribution >= 0.6 is 23.2 Å². The first kappa shape index (κ1) is 14.9. The van der Waals surface area contributed by atoms with E-state index in [0.29, 0.717) is 24.7 Å². The largest absolute Gasteiger partial charge is 0.398 e. The van der Waals surface area contributed by atoms with E-state index in [1.54, 1.807) is 0 Å². The van der Waals surface area contributed by atoms with Crippen LogP contribution in [0.3, 0.4) is 0 Å². The highest BCUT2D eigenvalue weighted by atomic mass is 35.5. The van der Waals surface area contributed by atoms with Gasteiger partial charge in [0.25, 0.3) is 0 Å². The first-order valence-electron chi connectivity index (χ1n) is 5.64. The molecular weight excluding hydrogens is 311 g/mol. The first-order valence-corrected chi connectivity index (χ1v) is 7.84. The van der Waals surface area contributed by atoms with Crippen LogP contribution in [0.2, 0.25) is 10.0 Å². The van der Waals surface area contributed by atoms with Crippen LogP contribution in [-0.2, 0) is 14.8 Å². The van der Waals surface area contributed by atoms with Gasteiger partial charge in [0.15, 0.2) is 0 Å². The Labute approximate surface area is 122 Å². The third-order valence-corrected chi connectivity index (χ3v) is 5.75. The van der Waals surface area contributed by atoms with Crippen molar-refractivity contribution in [3.05, 3.63) is 22.2 Å². The van der Waals surface area contributed by atoms with E-state index in [1.165, 1.54) is 23.5 Å². The van der Waals surface area contributed by atoms with Gasteiger partial charge in [0, 0.05) is 18.7 Å². The standard InChI is InChI=1S/C11H14Cl2N2O3S/c1-15(8-2-3-18-6-8)19(16,17)11-9(13)4-7(12)5-10(11)14/h4-5,8H,2-3,6,14H2,1H3. The van der Waals surface area contributed by atoms with Crippen molar-refractivity contribution in [3.8, 4) is 0 Å². The molecule has 2 rings (SSSR count). The molecule has 5 nitrogen and oxygen atoms in total. The molecule has 2 N–H and O–H groups in total. The minimum Gasteiger partial charge on any atom is -0.398 e. The number of nitrogens with two attached hydrogens (primary N) is 1. The van der Waals surface area contributed by atoms with Gasteiger partial charge in [0.2, 0.25) is 10.0 Å². The minimum atomic E-state index is -3.76. The Morgan fingerprint density at radius 2 is 2.11 bits per heavy atom. The highest BCUT2D eigenvalue weighted by Crippen LogP contribution is 2.34. The van der Waals surface area contributed by atoms with Gasteiger partial charge < -0.3 is 10.5 Å². The predicted octanol–water partition coefficient (Wildman–Crippen LogP) is 1.99. The Morgan fingerprint density at radius 1 is 1.42 bits per heavy atom. The maximum Gasteiger partial charge on any atom is 0.246 e. The zero-order valence-electron chi connectivity index (χ0n) is 10.3. The summed E-state index contributed by atoms with van der Waals surface area (Å²) in [6, 6.07) is 2.54. The Morgan fingerprint density at radius 3 is 2.63 bits per heavy atom. The number of nitrogen functional groups attached to an aromatic ring is 1. The van der Waals surface area contributed by atoms with Gasteiger partial charge in [0.05, 0.1) is 23.4 Å². The summed E-state index contributed by atoms with van der Waals surface area (Å²) in [5.74, 6) is 0. The van der Waals surface area contributed by atoms with E-state index >= 15 is 0 Å². The van der Waals surface area contributed by atoms with E-state index in [2.05, 4.69) is 0 Å². The Balaban J connectivity index is 2.44. The summed E-state index contributed by atoms with van der Waals surface area (Å²) in [6.45, 7) is 0.926. The van der Waals surface area contributed by atoms with Gasteiger partial charge in [-0.3, -0.25) is 0 Å². The molecular formula is C11H14Cl2N2O3S. The maximum absolute atomic E-state index is 12.5. The van der Waals surface area contributed by atoms with Gasteiger partial charge in [-0.2, -0.15) is 4.31 Å². The van der Waals surface area contributed by atoms with Crippen LogP contribution in [0.25, 0.3) is 0 Å². The molecule has 0 aliphatic carbocycles. The van der Waals surface area contributed by atoms with Crippen molar-refractivity contribution < 1.29 is 13.2 Å². The molecule has 1 aliphatic rings. The van der Waals surface area contributed by atoms with Crippen molar-refractivity contribution in [1.82, 2.24) is 4.31 Å². The number of likely N-dealkylation sites (N-methyl/N-ethyl adjacent to an activating group) is 1. The van der Waals surface area contributed by atoms with Gasteiger partial charge in [-0.15, -0.1) is 0 Å². The number of benzene rings is 1. The number of nitrogens with zero attached hydrogens (tertiary/aromatic N) is 1. The average Bonchev–Trinajstić information content (AvgIpc) is 2.78. The molecule has 1 aromatic rings. The lowest BCUT2D eigenvalue weighted by molar-refractivity contribution is 0.181. The lowest BCUT2D eigenvalue weighted by Gasteiger charge is -2.23.